The maximum Gasteiger partial charge on any atom is 0.274 e. The summed E-state index contributed by atoms with van der Waals surface area (Å²) in [5.41, 5.74) is 1.13. The summed E-state index contributed by atoms with van der Waals surface area (Å²) < 4.78 is 1.96. The lowest BCUT2D eigenvalue weighted by Gasteiger charge is -2.06. The van der Waals surface area contributed by atoms with Crippen molar-refractivity contribution >= 4 is 23.4 Å². The first-order valence-corrected chi connectivity index (χ1v) is 7.51. The summed E-state index contributed by atoms with van der Waals surface area (Å²) in [6.07, 6.45) is 5.27. The molecule has 0 unspecified atom stereocenters. The van der Waals surface area contributed by atoms with E-state index in [9.17, 15) is 4.79 Å². The molecule has 0 radical (unpaired) electrons. The molecule has 0 aliphatic carbocycles. The predicted octanol–water partition coefficient (Wildman–Crippen LogP) is 3.22. The molecule has 110 valence electrons. The molecule has 0 spiro atoms. The normalized spacial score (nSPS) is 10.4. The third-order valence-electron chi connectivity index (χ3n) is 3.00. The Morgan fingerprint density at radius 2 is 1.91 bits per heavy atom. The van der Waals surface area contributed by atoms with Crippen molar-refractivity contribution in [3.05, 3.63) is 66.7 Å². The van der Waals surface area contributed by atoms with Gasteiger partial charge in [-0.05, 0) is 36.4 Å². The Balaban J connectivity index is 1.67. The Morgan fingerprint density at radius 3 is 2.55 bits per heavy atom. The summed E-state index contributed by atoms with van der Waals surface area (Å²) >= 11 is 1.57. The molecule has 1 amide bonds. The average molecular weight is 310 g/mol. The number of hydrogen-bond donors (Lipinski definition) is 1. The van der Waals surface area contributed by atoms with Gasteiger partial charge in [-0.15, -0.1) is 0 Å². The third-order valence-corrected chi connectivity index (χ3v) is 4.08. The minimum Gasteiger partial charge on any atom is -0.329 e. The number of nitrogens with one attached hydrogen (secondary N) is 1. The van der Waals surface area contributed by atoms with Crippen LogP contribution in [0.4, 0.5) is 5.69 Å². The van der Waals surface area contributed by atoms with Crippen molar-refractivity contribution in [1.82, 2.24) is 14.5 Å². The highest BCUT2D eigenvalue weighted by Crippen LogP contribution is 2.26. The fourth-order valence-electron chi connectivity index (χ4n) is 1.85. The van der Waals surface area contributed by atoms with Gasteiger partial charge >= 0.3 is 0 Å². The van der Waals surface area contributed by atoms with Crippen molar-refractivity contribution in [2.45, 2.75) is 10.1 Å². The van der Waals surface area contributed by atoms with E-state index in [1.54, 1.807) is 42.4 Å². The Bertz CT molecular complexity index is 768. The lowest BCUT2D eigenvalue weighted by molar-refractivity contribution is 0.102. The number of aromatic nitrogens is 3. The summed E-state index contributed by atoms with van der Waals surface area (Å²) in [4.78, 5) is 21.4. The van der Waals surface area contributed by atoms with Crippen LogP contribution in [-0.4, -0.2) is 20.4 Å². The average Bonchev–Trinajstić information content (AvgIpc) is 2.95. The highest BCUT2D eigenvalue weighted by atomic mass is 32.2. The van der Waals surface area contributed by atoms with Crippen molar-refractivity contribution in [3.8, 4) is 0 Å². The Kier molecular flexibility index (Phi) is 4.20. The van der Waals surface area contributed by atoms with E-state index >= 15 is 0 Å². The standard InChI is InChI=1S/C16H14N4OS/c1-20-11-10-18-16(20)22-13-7-5-12(6-8-13)19-15(21)14-4-2-3-9-17-14/h2-11H,1H3,(H,19,21). The van der Waals surface area contributed by atoms with Crippen LogP contribution in [0.25, 0.3) is 0 Å². The smallest absolute Gasteiger partial charge is 0.274 e. The van der Waals surface area contributed by atoms with Crippen molar-refractivity contribution in [2.24, 2.45) is 7.05 Å². The summed E-state index contributed by atoms with van der Waals surface area (Å²) in [6, 6.07) is 12.9. The van der Waals surface area contributed by atoms with Gasteiger partial charge < -0.3 is 9.88 Å². The molecule has 0 aliphatic heterocycles. The fourth-order valence-corrected chi connectivity index (χ4v) is 2.66. The molecule has 1 aromatic carbocycles. The van der Waals surface area contributed by atoms with E-state index < -0.39 is 0 Å². The van der Waals surface area contributed by atoms with Crippen LogP contribution in [-0.2, 0) is 7.05 Å². The lowest BCUT2D eigenvalue weighted by Crippen LogP contribution is -2.13. The molecule has 1 N–H and O–H groups in total. The molecule has 3 aromatic rings. The van der Waals surface area contributed by atoms with Crippen LogP contribution in [0.5, 0.6) is 0 Å². The van der Waals surface area contributed by atoms with Crippen LogP contribution in [0.2, 0.25) is 0 Å². The number of rotatable bonds is 4. The van der Waals surface area contributed by atoms with Crippen LogP contribution in [0.1, 0.15) is 10.5 Å². The second kappa shape index (κ2) is 6.44. The summed E-state index contributed by atoms with van der Waals surface area (Å²) in [5.74, 6) is -0.217. The van der Waals surface area contributed by atoms with Gasteiger partial charge in [0.15, 0.2) is 5.16 Å². The van der Waals surface area contributed by atoms with Crippen LogP contribution >= 0.6 is 11.8 Å². The number of aryl methyl sites for hydroxylation is 1. The molecule has 3 rings (SSSR count). The van der Waals surface area contributed by atoms with E-state index in [2.05, 4.69) is 15.3 Å². The summed E-state index contributed by atoms with van der Waals surface area (Å²) in [5, 5.41) is 3.75. The molecule has 2 heterocycles. The van der Waals surface area contributed by atoms with Gasteiger partial charge in [0.25, 0.3) is 5.91 Å². The van der Waals surface area contributed by atoms with Gasteiger partial charge in [-0.25, -0.2) is 4.98 Å². The molecule has 0 saturated heterocycles. The van der Waals surface area contributed by atoms with Gasteiger partial charge in [0.1, 0.15) is 5.69 Å². The number of imidazole rings is 1. The topological polar surface area (TPSA) is 59.8 Å². The van der Waals surface area contributed by atoms with E-state index in [0.717, 1.165) is 15.7 Å². The largest absolute Gasteiger partial charge is 0.329 e. The van der Waals surface area contributed by atoms with E-state index in [-0.39, 0.29) is 5.91 Å². The monoisotopic (exact) mass is 310 g/mol. The Hall–Kier alpha value is -2.60. The van der Waals surface area contributed by atoms with Crippen LogP contribution in [0, 0.1) is 0 Å². The number of nitrogens with zero attached hydrogens (tertiary/aromatic N) is 3. The SMILES string of the molecule is Cn1ccnc1Sc1ccc(NC(=O)c2ccccn2)cc1. The van der Waals surface area contributed by atoms with Gasteiger partial charge in [0.05, 0.1) is 0 Å². The highest BCUT2D eigenvalue weighted by Gasteiger charge is 2.07. The summed E-state index contributed by atoms with van der Waals surface area (Å²) in [7, 11) is 1.96. The number of carbonyl (C=O) groups is 1. The second-order valence-electron chi connectivity index (χ2n) is 4.62. The van der Waals surface area contributed by atoms with Crippen molar-refractivity contribution in [2.75, 3.05) is 5.32 Å². The van der Waals surface area contributed by atoms with Gasteiger partial charge in [-0.3, -0.25) is 9.78 Å². The number of benzene rings is 1. The highest BCUT2D eigenvalue weighted by molar-refractivity contribution is 7.99. The molecule has 0 fully saturated rings. The van der Waals surface area contributed by atoms with E-state index in [1.807, 2.05) is 42.1 Å². The molecule has 6 heteroatoms. The van der Waals surface area contributed by atoms with Crippen molar-refractivity contribution < 1.29 is 4.79 Å². The Labute approximate surface area is 132 Å². The quantitative estimate of drug-likeness (QED) is 0.804. The molecule has 0 bridgehead atoms. The predicted molar refractivity (Wildman–Crippen MR) is 86.0 cm³/mol. The molecular weight excluding hydrogens is 296 g/mol. The number of pyridine rings is 1. The fraction of sp³-hybridized carbons (Fsp3) is 0.0625. The van der Waals surface area contributed by atoms with E-state index in [0.29, 0.717) is 5.69 Å². The zero-order valence-electron chi connectivity index (χ0n) is 11.9. The number of amides is 1. The van der Waals surface area contributed by atoms with Crippen LogP contribution in [0.3, 0.4) is 0 Å². The van der Waals surface area contributed by atoms with E-state index in [4.69, 9.17) is 0 Å². The first-order valence-electron chi connectivity index (χ1n) is 6.70. The lowest BCUT2D eigenvalue weighted by atomic mass is 10.3. The maximum atomic E-state index is 12.0. The molecule has 0 aliphatic rings. The Morgan fingerprint density at radius 1 is 1.09 bits per heavy atom. The zero-order chi connectivity index (χ0) is 15.4. The number of anilines is 1. The van der Waals surface area contributed by atoms with Crippen molar-refractivity contribution in [3.63, 3.8) is 0 Å². The van der Waals surface area contributed by atoms with Gasteiger partial charge in [0, 0.05) is 36.2 Å². The third kappa shape index (κ3) is 3.35. The first kappa shape index (κ1) is 14.3. The minimum atomic E-state index is -0.217. The number of hydrogen-bond acceptors (Lipinski definition) is 4. The molecule has 22 heavy (non-hydrogen) atoms. The minimum absolute atomic E-state index is 0.217. The van der Waals surface area contributed by atoms with Crippen molar-refractivity contribution in [1.29, 1.82) is 0 Å². The zero-order valence-corrected chi connectivity index (χ0v) is 12.7. The molecular formula is C16H14N4OS. The van der Waals surface area contributed by atoms with Gasteiger partial charge in [-0.1, -0.05) is 17.8 Å². The van der Waals surface area contributed by atoms with Crippen LogP contribution < -0.4 is 5.32 Å². The number of carbonyl (C=O) groups excluding carboxylic acids is 1. The van der Waals surface area contributed by atoms with E-state index in [1.165, 1.54) is 0 Å². The molecule has 2 aromatic heterocycles. The molecule has 0 saturated carbocycles. The molecule has 5 nitrogen and oxygen atoms in total. The van der Waals surface area contributed by atoms with Gasteiger partial charge in [0.2, 0.25) is 0 Å². The maximum absolute atomic E-state index is 12.0. The second-order valence-corrected chi connectivity index (χ2v) is 5.66. The first-order chi connectivity index (χ1) is 10.7. The summed E-state index contributed by atoms with van der Waals surface area (Å²) in [6.45, 7) is 0. The van der Waals surface area contributed by atoms with Gasteiger partial charge in [-0.2, -0.15) is 0 Å². The van der Waals surface area contributed by atoms with Crippen LogP contribution in [0.15, 0.2) is 71.1 Å². The molecule has 0 atom stereocenters.